The second kappa shape index (κ2) is 5.12. The Bertz CT molecular complexity index is 411. The van der Waals surface area contributed by atoms with Gasteiger partial charge in [-0.25, -0.2) is 8.42 Å². The van der Waals surface area contributed by atoms with Gasteiger partial charge in [0.05, 0.1) is 18.9 Å². The van der Waals surface area contributed by atoms with E-state index in [4.69, 9.17) is 5.11 Å². The van der Waals surface area contributed by atoms with E-state index in [-0.39, 0.29) is 12.0 Å². The molecule has 0 bridgehead atoms. The Kier molecular flexibility index (Phi) is 3.90. The molecular weight excluding hydrogens is 258 g/mol. The number of aliphatic hydroxyl groups excluding tert-OH is 1. The molecule has 0 aliphatic carbocycles. The van der Waals surface area contributed by atoms with Crippen LogP contribution in [0, 0.1) is 0 Å². The maximum atomic E-state index is 11.9. The lowest BCUT2D eigenvalue weighted by atomic mass is 10.1. The molecule has 1 amide bonds. The lowest BCUT2D eigenvalue weighted by Gasteiger charge is -2.38. The van der Waals surface area contributed by atoms with E-state index in [9.17, 15) is 13.2 Å². The zero-order valence-corrected chi connectivity index (χ0v) is 11.3. The minimum atomic E-state index is -3.15. The summed E-state index contributed by atoms with van der Waals surface area (Å²) in [5.74, 6) is 0.00931. The first-order valence-electron chi connectivity index (χ1n) is 5.99. The number of rotatable bonds is 3. The fourth-order valence-corrected chi connectivity index (χ4v) is 3.06. The molecule has 0 spiro atoms. The minimum Gasteiger partial charge on any atom is -0.390 e. The molecule has 2 saturated heterocycles. The van der Waals surface area contributed by atoms with Crippen LogP contribution in [-0.2, 0) is 14.8 Å². The SMILES string of the molecule is CS(=O)(=O)N1CCN(C(=O)CN2CC(O)C2)CC1. The molecule has 0 unspecified atom stereocenters. The van der Waals surface area contributed by atoms with Crippen LogP contribution in [-0.4, -0.2) is 91.7 Å². The van der Waals surface area contributed by atoms with E-state index in [1.165, 1.54) is 10.6 Å². The highest BCUT2D eigenvalue weighted by molar-refractivity contribution is 7.88. The first kappa shape index (κ1) is 13.7. The molecule has 2 fully saturated rings. The van der Waals surface area contributed by atoms with Gasteiger partial charge in [-0.05, 0) is 0 Å². The lowest BCUT2D eigenvalue weighted by Crippen LogP contribution is -2.57. The maximum absolute atomic E-state index is 11.9. The molecule has 2 heterocycles. The summed E-state index contributed by atoms with van der Waals surface area (Å²) in [6.07, 6.45) is 0.881. The van der Waals surface area contributed by atoms with Crippen molar-refractivity contribution in [3.05, 3.63) is 0 Å². The zero-order valence-electron chi connectivity index (χ0n) is 10.4. The van der Waals surface area contributed by atoms with Crippen LogP contribution in [0.2, 0.25) is 0 Å². The average molecular weight is 277 g/mol. The Balaban J connectivity index is 1.77. The number of piperazine rings is 1. The van der Waals surface area contributed by atoms with Crippen LogP contribution in [0.4, 0.5) is 0 Å². The molecule has 2 aliphatic rings. The molecule has 0 aromatic rings. The van der Waals surface area contributed by atoms with Gasteiger partial charge in [-0.15, -0.1) is 0 Å². The van der Waals surface area contributed by atoms with Crippen molar-refractivity contribution in [3.63, 3.8) is 0 Å². The van der Waals surface area contributed by atoms with E-state index in [1.54, 1.807) is 4.90 Å². The Morgan fingerprint density at radius 2 is 1.78 bits per heavy atom. The summed E-state index contributed by atoms with van der Waals surface area (Å²) in [5, 5.41) is 9.13. The number of hydrogen-bond acceptors (Lipinski definition) is 5. The zero-order chi connectivity index (χ0) is 13.3. The number of sulfonamides is 1. The summed E-state index contributed by atoms with van der Waals surface area (Å²) in [6.45, 7) is 3.05. The minimum absolute atomic E-state index is 0.00931. The largest absolute Gasteiger partial charge is 0.390 e. The van der Waals surface area contributed by atoms with Crippen molar-refractivity contribution >= 4 is 15.9 Å². The Hall–Kier alpha value is -0.700. The molecular formula is C10H19N3O4S. The van der Waals surface area contributed by atoms with Crippen molar-refractivity contribution < 1.29 is 18.3 Å². The van der Waals surface area contributed by atoms with Crippen LogP contribution < -0.4 is 0 Å². The van der Waals surface area contributed by atoms with E-state index in [1.807, 2.05) is 4.90 Å². The summed E-state index contributed by atoms with van der Waals surface area (Å²) < 4.78 is 24.0. The van der Waals surface area contributed by atoms with Gasteiger partial charge in [0.25, 0.3) is 0 Å². The summed E-state index contributed by atoms with van der Waals surface area (Å²) >= 11 is 0. The molecule has 0 aromatic heterocycles. The molecule has 1 N–H and O–H groups in total. The first-order valence-corrected chi connectivity index (χ1v) is 7.84. The third-order valence-electron chi connectivity index (χ3n) is 3.36. The number of nitrogens with zero attached hydrogens (tertiary/aromatic N) is 3. The Morgan fingerprint density at radius 3 is 2.22 bits per heavy atom. The number of likely N-dealkylation sites (tertiary alicyclic amines) is 1. The first-order chi connectivity index (χ1) is 8.36. The van der Waals surface area contributed by atoms with Gasteiger partial charge >= 0.3 is 0 Å². The van der Waals surface area contributed by atoms with Gasteiger partial charge in [0.1, 0.15) is 0 Å². The topological polar surface area (TPSA) is 81.2 Å². The highest BCUT2D eigenvalue weighted by Gasteiger charge is 2.30. The smallest absolute Gasteiger partial charge is 0.236 e. The van der Waals surface area contributed by atoms with Crippen molar-refractivity contribution in [1.82, 2.24) is 14.1 Å². The Morgan fingerprint density at radius 1 is 1.22 bits per heavy atom. The maximum Gasteiger partial charge on any atom is 0.236 e. The van der Waals surface area contributed by atoms with Gasteiger partial charge in [-0.3, -0.25) is 9.69 Å². The predicted molar refractivity (Wildman–Crippen MR) is 65.4 cm³/mol. The molecule has 0 saturated carbocycles. The molecule has 0 aromatic carbocycles. The van der Waals surface area contributed by atoms with Gasteiger partial charge < -0.3 is 10.0 Å². The van der Waals surface area contributed by atoms with Gasteiger partial charge in [0.2, 0.25) is 15.9 Å². The third-order valence-corrected chi connectivity index (χ3v) is 4.66. The average Bonchev–Trinajstić information content (AvgIpc) is 2.26. The lowest BCUT2D eigenvalue weighted by molar-refractivity contribution is -0.136. The predicted octanol–water partition coefficient (Wildman–Crippen LogP) is -2.23. The van der Waals surface area contributed by atoms with E-state index in [0.29, 0.717) is 45.8 Å². The second-order valence-electron chi connectivity index (χ2n) is 4.89. The summed E-state index contributed by atoms with van der Waals surface area (Å²) in [7, 11) is -3.15. The molecule has 18 heavy (non-hydrogen) atoms. The monoisotopic (exact) mass is 277 g/mol. The van der Waals surface area contributed by atoms with Crippen LogP contribution in [0.25, 0.3) is 0 Å². The number of aliphatic hydroxyl groups is 1. The molecule has 0 radical (unpaired) electrons. The third kappa shape index (κ3) is 3.19. The van der Waals surface area contributed by atoms with Gasteiger partial charge in [0.15, 0.2) is 0 Å². The van der Waals surface area contributed by atoms with E-state index >= 15 is 0 Å². The molecule has 8 heteroatoms. The van der Waals surface area contributed by atoms with Crippen molar-refractivity contribution in [2.24, 2.45) is 0 Å². The number of amides is 1. The van der Waals surface area contributed by atoms with Gasteiger partial charge in [-0.2, -0.15) is 4.31 Å². The van der Waals surface area contributed by atoms with E-state index in [2.05, 4.69) is 0 Å². The van der Waals surface area contributed by atoms with Crippen molar-refractivity contribution in [2.75, 3.05) is 52.1 Å². The standard InChI is InChI=1S/C10H19N3O4S/c1-18(16,17)13-4-2-12(3-5-13)10(15)8-11-6-9(14)7-11/h9,14H,2-8H2,1H3. The van der Waals surface area contributed by atoms with Crippen LogP contribution in [0.15, 0.2) is 0 Å². The van der Waals surface area contributed by atoms with Crippen molar-refractivity contribution in [3.8, 4) is 0 Å². The number of carbonyl (C=O) groups is 1. The fourth-order valence-electron chi connectivity index (χ4n) is 2.23. The molecule has 104 valence electrons. The van der Waals surface area contributed by atoms with Crippen molar-refractivity contribution in [1.29, 1.82) is 0 Å². The Labute approximate surface area is 107 Å². The molecule has 7 nitrogen and oxygen atoms in total. The molecule has 0 atom stereocenters. The van der Waals surface area contributed by atoms with Crippen LogP contribution in [0.1, 0.15) is 0 Å². The summed E-state index contributed by atoms with van der Waals surface area (Å²) in [4.78, 5) is 15.5. The fraction of sp³-hybridized carbons (Fsp3) is 0.900. The number of β-amino-alcohol motifs (C(OH)–C–C–N with tert-alkyl or cyclic N) is 1. The number of carbonyl (C=O) groups excluding carboxylic acids is 1. The summed E-state index contributed by atoms with van der Waals surface area (Å²) in [6, 6.07) is 0. The van der Waals surface area contributed by atoms with Crippen molar-refractivity contribution in [2.45, 2.75) is 6.10 Å². The quantitative estimate of drug-likeness (QED) is 0.631. The van der Waals surface area contributed by atoms with Gasteiger partial charge in [-0.1, -0.05) is 0 Å². The number of hydrogen-bond donors (Lipinski definition) is 1. The highest BCUT2D eigenvalue weighted by Crippen LogP contribution is 2.10. The van der Waals surface area contributed by atoms with Crippen LogP contribution in [0.5, 0.6) is 0 Å². The van der Waals surface area contributed by atoms with E-state index < -0.39 is 10.0 Å². The van der Waals surface area contributed by atoms with E-state index in [0.717, 1.165) is 0 Å². The highest BCUT2D eigenvalue weighted by atomic mass is 32.2. The van der Waals surface area contributed by atoms with Crippen LogP contribution >= 0.6 is 0 Å². The van der Waals surface area contributed by atoms with Crippen LogP contribution in [0.3, 0.4) is 0 Å². The van der Waals surface area contributed by atoms with Gasteiger partial charge in [0, 0.05) is 39.3 Å². The summed E-state index contributed by atoms with van der Waals surface area (Å²) in [5.41, 5.74) is 0. The molecule has 2 rings (SSSR count). The normalized spacial score (nSPS) is 24.0. The second-order valence-corrected chi connectivity index (χ2v) is 6.87. The molecule has 2 aliphatic heterocycles.